The molecule has 1 aromatic heterocycles. The van der Waals surface area contributed by atoms with Gasteiger partial charge in [0, 0.05) is 19.1 Å². The maximum atomic E-state index is 12.9. The van der Waals surface area contributed by atoms with Crippen molar-refractivity contribution in [2.45, 2.75) is 50.8 Å². The van der Waals surface area contributed by atoms with Gasteiger partial charge in [0.15, 0.2) is 5.54 Å². The van der Waals surface area contributed by atoms with E-state index >= 15 is 0 Å². The Hall–Kier alpha value is -1.82. The molecule has 22 heavy (non-hydrogen) atoms. The van der Waals surface area contributed by atoms with E-state index in [1.54, 1.807) is 6.07 Å². The van der Waals surface area contributed by atoms with Gasteiger partial charge in [-0.3, -0.25) is 0 Å². The van der Waals surface area contributed by atoms with Gasteiger partial charge in [-0.25, -0.2) is 9.78 Å². The number of hydrogen-bond acceptors (Lipinski definition) is 6. The molecule has 120 valence electrons. The van der Waals surface area contributed by atoms with Crippen molar-refractivity contribution in [1.82, 2.24) is 10.3 Å². The molecule has 2 saturated heterocycles. The Morgan fingerprint density at radius 2 is 2.27 bits per heavy atom. The van der Waals surface area contributed by atoms with Crippen molar-refractivity contribution in [2.24, 2.45) is 0 Å². The molecule has 0 aliphatic carbocycles. The highest BCUT2D eigenvalue weighted by atomic mass is 16.6. The number of nitrogens with zero attached hydrogens (tertiary/aromatic N) is 2. The van der Waals surface area contributed by atoms with Crippen LogP contribution in [0.5, 0.6) is 0 Å². The summed E-state index contributed by atoms with van der Waals surface area (Å²) in [4.78, 5) is 19.4. The number of rotatable bonds is 2. The summed E-state index contributed by atoms with van der Waals surface area (Å²) in [5.74, 6) is 1.04. The van der Waals surface area contributed by atoms with Crippen LogP contribution in [0.25, 0.3) is 0 Å². The van der Waals surface area contributed by atoms with Crippen LogP contribution in [-0.2, 0) is 9.53 Å². The van der Waals surface area contributed by atoms with Crippen LogP contribution in [0.2, 0.25) is 0 Å². The average molecular weight is 304 g/mol. The minimum atomic E-state index is -0.684. The number of fused-ring (bicyclic) bond motifs is 2. The summed E-state index contributed by atoms with van der Waals surface area (Å²) in [7, 11) is 0. The number of nitrogen functional groups attached to an aromatic ring is 1. The minimum absolute atomic E-state index is 0.182. The molecular formula is C16H24N4O2. The normalized spacial score (nSPS) is 27.8. The third kappa shape index (κ3) is 2.52. The topological polar surface area (TPSA) is 80.5 Å². The van der Waals surface area contributed by atoms with E-state index in [2.05, 4.69) is 15.2 Å². The first-order chi connectivity index (χ1) is 10.3. The second-order valence-electron chi connectivity index (χ2n) is 7.15. The van der Waals surface area contributed by atoms with E-state index < -0.39 is 11.1 Å². The largest absolute Gasteiger partial charge is 0.458 e. The molecular weight excluding hydrogens is 280 g/mol. The maximum absolute atomic E-state index is 12.9. The Morgan fingerprint density at radius 1 is 1.50 bits per heavy atom. The van der Waals surface area contributed by atoms with E-state index in [1.165, 1.54) is 0 Å². The summed E-state index contributed by atoms with van der Waals surface area (Å²) in [5.41, 5.74) is 4.64. The van der Waals surface area contributed by atoms with Crippen molar-refractivity contribution >= 4 is 17.6 Å². The zero-order valence-electron chi connectivity index (χ0n) is 13.4. The van der Waals surface area contributed by atoms with Gasteiger partial charge >= 0.3 is 5.97 Å². The third-order valence-corrected chi connectivity index (χ3v) is 4.30. The highest BCUT2D eigenvalue weighted by molar-refractivity contribution is 5.87. The van der Waals surface area contributed by atoms with Crippen LogP contribution in [0.4, 0.5) is 11.6 Å². The molecule has 1 aromatic rings. The monoisotopic (exact) mass is 304 g/mol. The summed E-state index contributed by atoms with van der Waals surface area (Å²) in [6.45, 7) is 7.11. The van der Waals surface area contributed by atoms with Gasteiger partial charge in [0.2, 0.25) is 0 Å². The molecule has 0 saturated carbocycles. The van der Waals surface area contributed by atoms with E-state index in [-0.39, 0.29) is 12.0 Å². The Balaban J connectivity index is 1.98. The van der Waals surface area contributed by atoms with Gasteiger partial charge in [-0.2, -0.15) is 0 Å². The van der Waals surface area contributed by atoms with Crippen molar-refractivity contribution in [1.29, 1.82) is 0 Å². The molecule has 0 radical (unpaired) electrons. The maximum Gasteiger partial charge on any atom is 0.333 e. The smallest absolute Gasteiger partial charge is 0.333 e. The number of pyridine rings is 1. The van der Waals surface area contributed by atoms with Crippen LogP contribution in [0.1, 0.15) is 33.6 Å². The first-order valence-electron chi connectivity index (χ1n) is 7.78. The van der Waals surface area contributed by atoms with Crippen LogP contribution < -0.4 is 16.0 Å². The van der Waals surface area contributed by atoms with E-state index in [0.29, 0.717) is 12.4 Å². The number of nitrogens with one attached hydrogen (secondary N) is 1. The zero-order valence-corrected chi connectivity index (χ0v) is 13.4. The summed E-state index contributed by atoms with van der Waals surface area (Å²) in [6.07, 6.45) is 1.72. The van der Waals surface area contributed by atoms with Crippen molar-refractivity contribution in [3.8, 4) is 0 Å². The Labute approximate surface area is 131 Å². The first kappa shape index (κ1) is 15.1. The lowest BCUT2D eigenvalue weighted by atomic mass is 9.95. The van der Waals surface area contributed by atoms with Gasteiger partial charge in [0.05, 0.1) is 0 Å². The second kappa shape index (κ2) is 5.12. The lowest BCUT2D eigenvalue weighted by molar-refractivity contribution is -0.161. The standard InChI is InChI=1S/C16H24N4O2/c1-15(2,3)22-14(21)16-8-7-11(9-18-10-16)20(16)13-6-4-5-12(17)19-13/h4-6,11,18H,7-10H2,1-3H3,(H2,17,19). The first-order valence-corrected chi connectivity index (χ1v) is 7.78. The van der Waals surface area contributed by atoms with Crippen molar-refractivity contribution < 1.29 is 9.53 Å². The summed E-state index contributed by atoms with van der Waals surface area (Å²) < 4.78 is 5.70. The molecule has 3 N–H and O–H groups in total. The van der Waals surface area contributed by atoms with Crippen molar-refractivity contribution in [2.75, 3.05) is 23.7 Å². The number of anilines is 2. The second-order valence-corrected chi connectivity index (χ2v) is 7.15. The molecule has 2 fully saturated rings. The number of piperazine rings is 1. The van der Waals surface area contributed by atoms with Crippen LogP contribution in [-0.4, -0.2) is 41.2 Å². The Kier molecular flexibility index (Phi) is 3.51. The molecule has 0 aromatic carbocycles. The summed E-state index contributed by atoms with van der Waals surface area (Å²) >= 11 is 0. The lowest BCUT2D eigenvalue weighted by Gasteiger charge is -2.44. The van der Waals surface area contributed by atoms with Gasteiger partial charge in [0.25, 0.3) is 0 Å². The molecule has 3 rings (SSSR count). The highest BCUT2D eigenvalue weighted by Gasteiger charge is 2.56. The van der Waals surface area contributed by atoms with Gasteiger partial charge in [0.1, 0.15) is 17.2 Å². The SMILES string of the molecule is CC(C)(C)OC(=O)C12CCC(CNC1)N2c1cccc(N)n1. The van der Waals surface area contributed by atoms with E-state index in [1.807, 2.05) is 32.9 Å². The number of carbonyl (C=O) groups excluding carboxylic acids is 1. The Bertz CT molecular complexity index is 580. The number of nitrogens with two attached hydrogens (primary N) is 1. The summed E-state index contributed by atoms with van der Waals surface area (Å²) in [6, 6.07) is 5.80. The van der Waals surface area contributed by atoms with Gasteiger partial charge < -0.3 is 20.7 Å². The number of carbonyl (C=O) groups is 1. The predicted octanol–water partition coefficient (Wildman–Crippen LogP) is 1.32. The number of esters is 1. The number of aromatic nitrogens is 1. The summed E-state index contributed by atoms with van der Waals surface area (Å²) in [5, 5.41) is 3.37. The van der Waals surface area contributed by atoms with Crippen LogP contribution in [0.15, 0.2) is 18.2 Å². The van der Waals surface area contributed by atoms with Gasteiger partial charge in [-0.1, -0.05) is 6.07 Å². The van der Waals surface area contributed by atoms with Crippen LogP contribution >= 0.6 is 0 Å². The third-order valence-electron chi connectivity index (χ3n) is 4.30. The van der Waals surface area contributed by atoms with Crippen molar-refractivity contribution in [3.63, 3.8) is 0 Å². The number of hydrogen-bond donors (Lipinski definition) is 2. The quantitative estimate of drug-likeness (QED) is 0.802. The van der Waals surface area contributed by atoms with E-state index in [0.717, 1.165) is 25.2 Å². The fraction of sp³-hybridized carbons (Fsp3) is 0.625. The highest BCUT2D eigenvalue weighted by Crippen LogP contribution is 2.41. The minimum Gasteiger partial charge on any atom is -0.458 e. The van der Waals surface area contributed by atoms with Crippen LogP contribution in [0, 0.1) is 0 Å². The average Bonchev–Trinajstić information content (AvgIpc) is 2.64. The molecule has 3 heterocycles. The lowest BCUT2D eigenvalue weighted by Crippen LogP contribution is -2.65. The molecule has 0 amide bonds. The molecule has 6 nitrogen and oxygen atoms in total. The molecule has 2 bridgehead atoms. The molecule has 2 unspecified atom stereocenters. The number of ether oxygens (including phenoxy) is 1. The van der Waals surface area contributed by atoms with Crippen LogP contribution in [0.3, 0.4) is 0 Å². The van der Waals surface area contributed by atoms with Gasteiger partial charge in [-0.05, 0) is 45.7 Å². The molecule has 0 spiro atoms. The zero-order chi connectivity index (χ0) is 16.0. The fourth-order valence-electron chi connectivity index (χ4n) is 3.44. The molecule has 6 heteroatoms. The predicted molar refractivity (Wildman–Crippen MR) is 85.6 cm³/mol. The van der Waals surface area contributed by atoms with Gasteiger partial charge in [-0.15, -0.1) is 0 Å². The molecule has 2 aliphatic heterocycles. The molecule has 2 aliphatic rings. The van der Waals surface area contributed by atoms with E-state index in [4.69, 9.17) is 10.5 Å². The van der Waals surface area contributed by atoms with Crippen molar-refractivity contribution in [3.05, 3.63) is 18.2 Å². The van der Waals surface area contributed by atoms with E-state index in [9.17, 15) is 4.79 Å². The Morgan fingerprint density at radius 3 is 2.95 bits per heavy atom. The molecule has 2 atom stereocenters. The fourth-order valence-corrected chi connectivity index (χ4v) is 3.44.